The zero-order valence-corrected chi connectivity index (χ0v) is 10.6. The molecule has 2 aromatic rings. The van der Waals surface area contributed by atoms with Crippen LogP contribution < -0.4 is 11.1 Å². The van der Waals surface area contributed by atoms with Crippen molar-refractivity contribution in [3.63, 3.8) is 0 Å². The first-order valence-corrected chi connectivity index (χ1v) is 5.59. The maximum absolute atomic E-state index is 11.6. The third kappa shape index (κ3) is 3.01. The second-order valence-electron chi connectivity index (χ2n) is 3.87. The maximum atomic E-state index is 11.6. The quantitative estimate of drug-likeness (QED) is 0.801. The molecule has 0 atom stereocenters. The number of anilines is 2. The van der Waals surface area contributed by atoms with Crippen LogP contribution in [0.15, 0.2) is 22.9 Å². The zero-order valence-electron chi connectivity index (χ0n) is 10.6. The number of methoxy groups -OCH3 is 1. The largest absolute Gasteiger partial charge is 0.465 e. The smallest absolute Gasteiger partial charge is 0.341 e. The van der Waals surface area contributed by atoms with E-state index in [9.17, 15) is 4.79 Å². The number of nitrogen functional groups attached to an aromatic ring is 1. The number of aromatic nitrogens is 2. The van der Waals surface area contributed by atoms with E-state index in [0.29, 0.717) is 23.9 Å². The molecular weight excluding hydrogens is 248 g/mol. The van der Waals surface area contributed by atoms with Gasteiger partial charge in [-0.3, -0.25) is 0 Å². The Morgan fingerprint density at radius 1 is 1.47 bits per heavy atom. The van der Waals surface area contributed by atoms with E-state index < -0.39 is 5.97 Å². The van der Waals surface area contributed by atoms with E-state index in [-0.39, 0.29) is 5.56 Å². The third-order valence-corrected chi connectivity index (χ3v) is 2.39. The predicted molar refractivity (Wildman–Crippen MR) is 68.6 cm³/mol. The topological polar surface area (TPSA) is 103 Å². The molecule has 7 heteroatoms. The molecule has 2 aromatic heterocycles. The van der Waals surface area contributed by atoms with Crippen LogP contribution in [-0.2, 0) is 11.3 Å². The van der Waals surface area contributed by atoms with Crippen molar-refractivity contribution in [1.29, 1.82) is 0 Å². The van der Waals surface area contributed by atoms with E-state index in [2.05, 4.69) is 20.0 Å². The van der Waals surface area contributed by atoms with Crippen LogP contribution in [0.5, 0.6) is 0 Å². The van der Waals surface area contributed by atoms with Crippen LogP contribution in [0.2, 0.25) is 0 Å². The molecule has 0 saturated carbocycles. The first-order valence-electron chi connectivity index (χ1n) is 5.59. The number of carbonyl (C=O) groups excluding carboxylic acids is 1. The van der Waals surface area contributed by atoms with Gasteiger partial charge >= 0.3 is 5.97 Å². The lowest BCUT2D eigenvalue weighted by Crippen LogP contribution is -2.11. The molecule has 2 rings (SSSR count). The molecule has 0 bridgehead atoms. The van der Waals surface area contributed by atoms with Gasteiger partial charge in [0, 0.05) is 0 Å². The normalized spacial score (nSPS) is 10.2. The number of nitrogens with zero attached hydrogens (tertiary/aromatic N) is 2. The molecular formula is C12H14N4O3. The second kappa shape index (κ2) is 5.38. The molecule has 2 heterocycles. The summed E-state index contributed by atoms with van der Waals surface area (Å²) in [6, 6.07) is 1.50. The van der Waals surface area contributed by atoms with Gasteiger partial charge < -0.3 is 20.2 Å². The number of oxazole rings is 1. The summed E-state index contributed by atoms with van der Waals surface area (Å²) in [6.07, 6.45) is 3.07. The average molecular weight is 262 g/mol. The van der Waals surface area contributed by atoms with E-state index in [0.717, 1.165) is 5.76 Å². The summed E-state index contributed by atoms with van der Waals surface area (Å²) in [7, 11) is 1.30. The maximum Gasteiger partial charge on any atom is 0.341 e. The van der Waals surface area contributed by atoms with Crippen molar-refractivity contribution in [3.8, 4) is 0 Å². The number of rotatable bonds is 4. The fraction of sp³-hybridized carbons (Fsp3) is 0.250. The van der Waals surface area contributed by atoms with Crippen molar-refractivity contribution in [3.05, 3.63) is 35.7 Å². The fourth-order valence-corrected chi connectivity index (χ4v) is 1.53. The van der Waals surface area contributed by atoms with Crippen LogP contribution in [0, 0.1) is 6.92 Å². The van der Waals surface area contributed by atoms with Crippen LogP contribution in [0.1, 0.15) is 22.0 Å². The number of hydrogen-bond donors (Lipinski definition) is 2. The molecule has 7 nitrogen and oxygen atoms in total. The molecule has 100 valence electrons. The average Bonchev–Trinajstić information content (AvgIpc) is 2.82. The van der Waals surface area contributed by atoms with Gasteiger partial charge in [0.05, 0.1) is 31.7 Å². The minimum atomic E-state index is -0.508. The Hall–Kier alpha value is -2.57. The third-order valence-electron chi connectivity index (χ3n) is 2.39. The highest BCUT2D eigenvalue weighted by Gasteiger charge is 2.14. The van der Waals surface area contributed by atoms with Gasteiger partial charge in [-0.15, -0.1) is 0 Å². The van der Waals surface area contributed by atoms with Crippen molar-refractivity contribution in [1.82, 2.24) is 9.97 Å². The van der Waals surface area contributed by atoms with Crippen molar-refractivity contribution in [2.45, 2.75) is 13.5 Å². The van der Waals surface area contributed by atoms with Gasteiger partial charge in [0.1, 0.15) is 17.1 Å². The van der Waals surface area contributed by atoms with Crippen molar-refractivity contribution in [2.75, 3.05) is 18.2 Å². The van der Waals surface area contributed by atoms with Gasteiger partial charge in [-0.05, 0) is 13.0 Å². The Bertz CT molecular complexity index is 594. The standard InChI is InChI=1S/C12H14N4O3/c1-7-4-14-10(19-7)6-16-11-9(12(17)18-2)3-8(13)5-15-11/h3-5H,6,13H2,1-2H3,(H,15,16). The summed E-state index contributed by atoms with van der Waals surface area (Å²) in [5.74, 6) is 1.09. The molecule has 3 N–H and O–H groups in total. The highest BCUT2D eigenvalue weighted by Crippen LogP contribution is 2.17. The number of pyridine rings is 1. The molecule has 0 fully saturated rings. The van der Waals surface area contributed by atoms with E-state index >= 15 is 0 Å². The number of esters is 1. The molecule has 0 saturated heterocycles. The fourth-order valence-electron chi connectivity index (χ4n) is 1.53. The van der Waals surface area contributed by atoms with Gasteiger partial charge in [-0.1, -0.05) is 0 Å². The van der Waals surface area contributed by atoms with Crippen LogP contribution in [0.4, 0.5) is 11.5 Å². The second-order valence-corrected chi connectivity index (χ2v) is 3.87. The minimum absolute atomic E-state index is 0.269. The summed E-state index contributed by atoms with van der Waals surface area (Å²) >= 11 is 0. The molecule has 0 aliphatic rings. The number of carbonyl (C=O) groups is 1. The van der Waals surface area contributed by atoms with E-state index in [4.69, 9.17) is 10.2 Å². The van der Waals surface area contributed by atoms with Gasteiger partial charge in [0.15, 0.2) is 0 Å². The molecule has 0 amide bonds. The van der Waals surface area contributed by atoms with Crippen molar-refractivity contribution < 1.29 is 13.9 Å². The van der Waals surface area contributed by atoms with Crippen LogP contribution in [-0.4, -0.2) is 23.0 Å². The Morgan fingerprint density at radius 3 is 2.89 bits per heavy atom. The highest BCUT2D eigenvalue weighted by atomic mass is 16.5. The predicted octanol–water partition coefficient (Wildman–Crippen LogP) is 1.36. The van der Waals surface area contributed by atoms with E-state index in [1.165, 1.54) is 19.4 Å². The first kappa shape index (κ1) is 12.9. The summed E-state index contributed by atoms with van der Waals surface area (Å²) in [5, 5.41) is 2.96. The van der Waals surface area contributed by atoms with E-state index in [1.807, 2.05) is 0 Å². The van der Waals surface area contributed by atoms with Crippen LogP contribution >= 0.6 is 0 Å². The molecule has 0 aliphatic carbocycles. The summed E-state index contributed by atoms with van der Waals surface area (Å²) < 4.78 is 9.99. The van der Waals surface area contributed by atoms with Crippen LogP contribution in [0.25, 0.3) is 0 Å². The first-order chi connectivity index (χ1) is 9.10. The SMILES string of the molecule is COC(=O)c1cc(N)cnc1NCc1ncc(C)o1. The lowest BCUT2D eigenvalue weighted by atomic mass is 10.2. The summed E-state index contributed by atoms with van der Waals surface area (Å²) in [4.78, 5) is 19.7. The van der Waals surface area contributed by atoms with Gasteiger partial charge in [0.2, 0.25) is 5.89 Å². The molecule has 0 aromatic carbocycles. The minimum Gasteiger partial charge on any atom is -0.465 e. The molecule has 0 spiro atoms. The Morgan fingerprint density at radius 2 is 2.26 bits per heavy atom. The molecule has 0 radical (unpaired) electrons. The Balaban J connectivity index is 2.17. The molecule has 19 heavy (non-hydrogen) atoms. The van der Waals surface area contributed by atoms with Crippen molar-refractivity contribution in [2.24, 2.45) is 0 Å². The Labute approximate surface area is 109 Å². The zero-order chi connectivity index (χ0) is 13.8. The highest BCUT2D eigenvalue weighted by molar-refractivity contribution is 5.95. The molecule has 0 aliphatic heterocycles. The monoisotopic (exact) mass is 262 g/mol. The Kier molecular flexibility index (Phi) is 3.65. The number of hydrogen-bond acceptors (Lipinski definition) is 7. The lowest BCUT2D eigenvalue weighted by molar-refractivity contribution is 0.0601. The van der Waals surface area contributed by atoms with Crippen LogP contribution in [0.3, 0.4) is 0 Å². The summed E-state index contributed by atoms with van der Waals surface area (Å²) in [6.45, 7) is 2.12. The van der Waals surface area contributed by atoms with Gasteiger partial charge in [0.25, 0.3) is 0 Å². The summed E-state index contributed by atoms with van der Waals surface area (Å²) in [5.41, 5.74) is 6.26. The lowest BCUT2D eigenvalue weighted by Gasteiger charge is -2.08. The van der Waals surface area contributed by atoms with E-state index in [1.54, 1.807) is 13.1 Å². The van der Waals surface area contributed by atoms with Crippen molar-refractivity contribution >= 4 is 17.5 Å². The number of nitrogens with one attached hydrogen (secondary N) is 1. The number of ether oxygens (including phenoxy) is 1. The number of aryl methyl sites for hydroxylation is 1. The molecule has 0 unspecified atom stereocenters. The van der Waals surface area contributed by atoms with Gasteiger partial charge in [-0.2, -0.15) is 0 Å². The van der Waals surface area contributed by atoms with Gasteiger partial charge in [-0.25, -0.2) is 14.8 Å². The number of nitrogens with two attached hydrogens (primary N) is 1.